The fraction of sp³-hybridized carbons (Fsp3) is 0.235. The number of Topliss-reactive ketones (excluding diaryl/α,β-unsaturated/α-hetero) is 1. The zero-order valence-corrected chi connectivity index (χ0v) is 12.1. The summed E-state index contributed by atoms with van der Waals surface area (Å²) in [4.78, 5) is 12.3. The van der Waals surface area contributed by atoms with Gasteiger partial charge in [-0.05, 0) is 35.7 Å². The fourth-order valence-corrected chi connectivity index (χ4v) is 2.78. The Morgan fingerprint density at radius 3 is 2.90 bits per heavy atom. The molecule has 0 spiro atoms. The first-order valence-electron chi connectivity index (χ1n) is 6.83. The molecule has 0 fully saturated rings. The van der Waals surface area contributed by atoms with Crippen LogP contribution < -0.4 is 0 Å². The molecule has 1 aliphatic rings. The predicted octanol–water partition coefficient (Wildman–Crippen LogP) is 4.37. The van der Waals surface area contributed by atoms with Crippen molar-refractivity contribution in [1.29, 1.82) is 0 Å². The van der Waals surface area contributed by atoms with E-state index in [4.69, 9.17) is 16.3 Å². The molecule has 1 atom stereocenters. The summed E-state index contributed by atoms with van der Waals surface area (Å²) in [6.45, 7) is 0.610. The van der Waals surface area contributed by atoms with Crippen LogP contribution in [0.2, 0.25) is 5.02 Å². The van der Waals surface area contributed by atoms with E-state index >= 15 is 0 Å². The number of rotatable bonds is 3. The van der Waals surface area contributed by atoms with Crippen LogP contribution in [0.1, 0.15) is 34.0 Å². The summed E-state index contributed by atoms with van der Waals surface area (Å²) in [5.41, 5.74) is 2.69. The number of ketones is 1. The monoisotopic (exact) mass is 304 g/mol. The second-order valence-electron chi connectivity index (χ2n) is 5.06. The molecule has 0 aliphatic carbocycles. The second kappa shape index (κ2) is 5.96. The van der Waals surface area contributed by atoms with Crippen molar-refractivity contribution in [2.24, 2.45) is 0 Å². The topological polar surface area (TPSA) is 26.3 Å². The molecule has 0 N–H and O–H groups in total. The molecule has 0 saturated carbocycles. The lowest BCUT2D eigenvalue weighted by Crippen LogP contribution is -2.19. The molecule has 0 saturated heterocycles. The van der Waals surface area contributed by atoms with E-state index in [1.54, 1.807) is 0 Å². The number of halogens is 2. The summed E-state index contributed by atoms with van der Waals surface area (Å²) < 4.78 is 18.9. The highest BCUT2D eigenvalue weighted by Crippen LogP contribution is 2.31. The molecule has 1 unspecified atom stereocenters. The van der Waals surface area contributed by atoms with Crippen molar-refractivity contribution in [1.82, 2.24) is 0 Å². The average Bonchev–Trinajstić information content (AvgIpc) is 2.50. The highest BCUT2D eigenvalue weighted by Gasteiger charge is 2.23. The Kier molecular flexibility index (Phi) is 4.04. The number of benzene rings is 2. The van der Waals surface area contributed by atoms with Gasteiger partial charge in [0.2, 0.25) is 0 Å². The van der Waals surface area contributed by atoms with E-state index in [0.29, 0.717) is 12.2 Å². The Hall–Kier alpha value is -1.71. The third-order valence-corrected chi connectivity index (χ3v) is 3.99. The van der Waals surface area contributed by atoms with Crippen LogP contribution in [-0.2, 0) is 11.2 Å². The van der Waals surface area contributed by atoms with Crippen LogP contribution >= 0.6 is 11.6 Å². The molecule has 0 bridgehead atoms. The maximum atomic E-state index is 13.1. The second-order valence-corrected chi connectivity index (χ2v) is 5.47. The van der Waals surface area contributed by atoms with Crippen LogP contribution in [-0.4, -0.2) is 12.4 Å². The lowest BCUT2D eigenvalue weighted by atomic mass is 9.93. The predicted molar refractivity (Wildman–Crippen MR) is 79.2 cm³/mol. The van der Waals surface area contributed by atoms with Gasteiger partial charge < -0.3 is 4.74 Å². The minimum Gasteiger partial charge on any atom is -0.373 e. The van der Waals surface area contributed by atoms with Crippen LogP contribution in [0, 0.1) is 5.82 Å². The summed E-state index contributed by atoms with van der Waals surface area (Å²) in [6.07, 6.45) is 0.855. The van der Waals surface area contributed by atoms with Gasteiger partial charge in [0.05, 0.1) is 17.7 Å². The van der Waals surface area contributed by atoms with Crippen LogP contribution in [0.5, 0.6) is 0 Å². The summed E-state index contributed by atoms with van der Waals surface area (Å²) in [7, 11) is 0. The molecule has 3 rings (SSSR count). The van der Waals surface area contributed by atoms with Crippen LogP contribution in [0.4, 0.5) is 4.39 Å². The Morgan fingerprint density at radius 1 is 1.29 bits per heavy atom. The Morgan fingerprint density at radius 2 is 2.10 bits per heavy atom. The van der Waals surface area contributed by atoms with Crippen LogP contribution in [0.15, 0.2) is 42.5 Å². The Balaban J connectivity index is 1.81. The van der Waals surface area contributed by atoms with Gasteiger partial charge in [-0.3, -0.25) is 4.79 Å². The van der Waals surface area contributed by atoms with Crippen LogP contribution in [0.3, 0.4) is 0 Å². The highest BCUT2D eigenvalue weighted by molar-refractivity contribution is 6.31. The molecular weight excluding hydrogens is 291 g/mol. The van der Waals surface area contributed by atoms with Gasteiger partial charge in [-0.25, -0.2) is 4.39 Å². The van der Waals surface area contributed by atoms with Crippen molar-refractivity contribution < 1.29 is 13.9 Å². The fourth-order valence-electron chi connectivity index (χ4n) is 2.60. The van der Waals surface area contributed by atoms with Crippen molar-refractivity contribution in [2.45, 2.75) is 18.9 Å². The van der Waals surface area contributed by atoms with E-state index in [-0.39, 0.29) is 23.3 Å². The SMILES string of the molecule is O=C(CC1OCCc2ccccc21)c1ccc(F)c(Cl)c1. The normalized spacial score (nSPS) is 17.3. The zero-order valence-electron chi connectivity index (χ0n) is 11.3. The van der Waals surface area contributed by atoms with E-state index in [9.17, 15) is 9.18 Å². The van der Waals surface area contributed by atoms with E-state index < -0.39 is 5.82 Å². The van der Waals surface area contributed by atoms with Gasteiger partial charge in [0.15, 0.2) is 5.78 Å². The van der Waals surface area contributed by atoms with Crippen molar-refractivity contribution in [2.75, 3.05) is 6.61 Å². The van der Waals surface area contributed by atoms with Gasteiger partial charge in [-0.15, -0.1) is 0 Å². The number of ether oxygens (including phenoxy) is 1. The summed E-state index contributed by atoms with van der Waals surface area (Å²) in [5.74, 6) is -0.619. The molecule has 21 heavy (non-hydrogen) atoms. The molecule has 0 amide bonds. The smallest absolute Gasteiger partial charge is 0.165 e. The highest BCUT2D eigenvalue weighted by atomic mass is 35.5. The molecule has 1 heterocycles. The summed E-state index contributed by atoms with van der Waals surface area (Å²) in [6, 6.07) is 12.0. The quantitative estimate of drug-likeness (QED) is 0.787. The molecular formula is C17H14ClFO2. The van der Waals surface area contributed by atoms with Crippen LogP contribution in [0.25, 0.3) is 0 Å². The lowest BCUT2D eigenvalue weighted by molar-refractivity contribution is 0.0352. The third kappa shape index (κ3) is 2.99. The molecule has 0 radical (unpaired) electrons. The molecule has 2 aromatic rings. The van der Waals surface area contributed by atoms with E-state index in [1.807, 2.05) is 18.2 Å². The first kappa shape index (κ1) is 14.2. The third-order valence-electron chi connectivity index (χ3n) is 3.70. The van der Waals surface area contributed by atoms with E-state index in [1.165, 1.54) is 23.8 Å². The average molecular weight is 305 g/mol. The number of fused-ring (bicyclic) bond motifs is 1. The number of carbonyl (C=O) groups excluding carboxylic acids is 1. The maximum absolute atomic E-state index is 13.1. The minimum atomic E-state index is -0.521. The molecule has 0 aromatic heterocycles. The summed E-state index contributed by atoms with van der Waals surface area (Å²) in [5, 5.41) is -0.0363. The van der Waals surface area contributed by atoms with Gasteiger partial charge in [-0.1, -0.05) is 35.9 Å². The molecule has 1 aliphatic heterocycles. The van der Waals surface area contributed by atoms with Gasteiger partial charge >= 0.3 is 0 Å². The Labute approximate surface area is 127 Å². The standard InChI is InChI=1S/C17H14ClFO2/c18-14-9-12(5-6-15(14)19)16(20)10-17-13-4-2-1-3-11(13)7-8-21-17/h1-6,9,17H,7-8,10H2. The molecule has 108 valence electrons. The number of hydrogen-bond acceptors (Lipinski definition) is 2. The number of hydrogen-bond donors (Lipinski definition) is 0. The zero-order chi connectivity index (χ0) is 14.8. The lowest BCUT2D eigenvalue weighted by Gasteiger charge is -2.25. The maximum Gasteiger partial charge on any atom is 0.165 e. The molecule has 2 nitrogen and oxygen atoms in total. The Bertz CT molecular complexity index is 684. The van der Waals surface area contributed by atoms with Crippen molar-refractivity contribution >= 4 is 17.4 Å². The number of carbonyl (C=O) groups is 1. The van der Waals surface area contributed by atoms with Gasteiger partial charge in [0.25, 0.3) is 0 Å². The summed E-state index contributed by atoms with van der Waals surface area (Å²) >= 11 is 5.72. The molecule has 2 aromatic carbocycles. The van der Waals surface area contributed by atoms with E-state index in [2.05, 4.69) is 6.07 Å². The van der Waals surface area contributed by atoms with Crippen molar-refractivity contribution in [3.63, 3.8) is 0 Å². The van der Waals surface area contributed by atoms with Gasteiger partial charge in [-0.2, -0.15) is 0 Å². The van der Waals surface area contributed by atoms with Crippen molar-refractivity contribution in [3.05, 3.63) is 70.0 Å². The van der Waals surface area contributed by atoms with Gasteiger partial charge in [0, 0.05) is 12.0 Å². The first-order valence-corrected chi connectivity index (χ1v) is 7.20. The van der Waals surface area contributed by atoms with Gasteiger partial charge in [0.1, 0.15) is 5.82 Å². The largest absolute Gasteiger partial charge is 0.373 e. The molecule has 4 heteroatoms. The minimum absolute atomic E-state index is 0.0363. The van der Waals surface area contributed by atoms with E-state index in [0.717, 1.165) is 12.0 Å². The first-order chi connectivity index (χ1) is 10.1. The van der Waals surface area contributed by atoms with Crippen molar-refractivity contribution in [3.8, 4) is 0 Å².